The normalized spacial score (nSPS) is 15.7. The van der Waals surface area contributed by atoms with Gasteiger partial charge in [-0.2, -0.15) is 0 Å². The van der Waals surface area contributed by atoms with Crippen LogP contribution in [0, 0.1) is 0 Å². The molecule has 2 amide bonds. The monoisotopic (exact) mass is 372 g/mol. The zero-order valence-corrected chi connectivity index (χ0v) is 16.0. The number of carbonyl (C=O) groups excluding carboxylic acids is 1. The fourth-order valence-electron chi connectivity index (χ4n) is 2.94. The third kappa shape index (κ3) is 5.19. The first-order valence-corrected chi connectivity index (χ1v) is 10.8. The van der Waals surface area contributed by atoms with E-state index in [1.807, 2.05) is 53.9 Å². The number of hydrogen-bond donors (Lipinski definition) is 2. The molecule has 1 saturated heterocycles. The number of hydrogen-bond acceptors (Lipinski definition) is 3. The standard InChI is InChI=1S/C20H24N2OS2/c1-2-7-18(15-8-4-3-5-9-15)22-20(23)21-17-11-6-10-16(14-17)19-24-12-13-25-19/h3-6,8-11,14,18-19H,2,7,12-13H2,1H3,(H2,21,22,23). The van der Waals surface area contributed by atoms with E-state index in [9.17, 15) is 4.79 Å². The van der Waals surface area contributed by atoms with Crippen LogP contribution in [0.3, 0.4) is 0 Å². The molecule has 1 aliphatic rings. The van der Waals surface area contributed by atoms with Gasteiger partial charge in [-0.3, -0.25) is 0 Å². The van der Waals surface area contributed by atoms with Gasteiger partial charge in [-0.05, 0) is 29.7 Å². The lowest BCUT2D eigenvalue weighted by Gasteiger charge is -2.19. The second-order valence-electron chi connectivity index (χ2n) is 6.05. The Balaban J connectivity index is 1.64. The van der Waals surface area contributed by atoms with Crippen LogP contribution >= 0.6 is 23.5 Å². The van der Waals surface area contributed by atoms with Crippen molar-refractivity contribution >= 4 is 35.2 Å². The van der Waals surface area contributed by atoms with Gasteiger partial charge in [0.05, 0.1) is 10.6 Å². The molecule has 1 atom stereocenters. The molecule has 1 unspecified atom stereocenters. The van der Waals surface area contributed by atoms with Crippen LogP contribution < -0.4 is 10.6 Å². The number of urea groups is 1. The Morgan fingerprint density at radius 2 is 1.88 bits per heavy atom. The third-order valence-electron chi connectivity index (χ3n) is 4.12. The van der Waals surface area contributed by atoms with Crippen molar-refractivity contribution in [2.45, 2.75) is 30.4 Å². The molecule has 0 radical (unpaired) electrons. The minimum atomic E-state index is -0.147. The van der Waals surface area contributed by atoms with Crippen molar-refractivity contribution in [2.75, 3.05) is 16.8 Å². The maximum Gasteiger partial charge on any atom is 0.319 e. The van der Waals surface area contributed by atoms with E-state index in [1.165, 1.54) is 17.1 Å². The van der Waals surface area contributed by atoms with Crippen molar-refractivity contribution < 1.29 is 4.79 Å². The molecule has 0 bridgehead atoms. The van der Waals surface area contributed by atoms with Gasteiger partial charge >= 0.3 is 6.03 Å². The minimum Gasteiger partial charge on any atom is -0.331 e. The van der Waals surface area contributed by atoms with Crippen LogP contribution in [0.1, 0.15) is 41.5 Å². The van der Waals surface area contributed by atoms with Crippen LogP contribution in [0.25, 0.3) is 0 Å². The summed E-state index contributed by atoms with van der Waals surface area (Å²) in [7, 11) is 0. The first kappa shape index (κ1) is 18.2. The van der Waals surface area contributed by atoms with Gasteiger partial charge in [0, 0.05) is 17.2 Å². The molecular weight excluding hydrogens is 348 g/mol. The summed E-state index contributed by atoms with van der Waals surface area (Å²) in [4.78, 5) is 12.5. The average Bonchev–Trinajstić information content (AvgIpc) is 3.17. The number of anilines is 1. The van der Waals surface area contributed by atoms with E-state index in [1.54, 1.807) is 0 Å². The Morgan fingerprint density at radius 1 is 1.12 bits per heavy atom. The molecule has 3 rings (SSSR count). The Labute approximate surface area is 158 Å². The molecule has 3 nitrogen and oxygen atoms in total. The first-order valence-electron chi connectivity index (χ1n) is 8.72. The van der Waals surface area contributed by atoms with Crippen molar-refractivity contribution in [3.63, 3.8) is 0 Å². The fourth-order valence-corrected chi connectivity index (χ4v) is 5.77. The van der Waals surface area contributed by atoms with E-state index in [4.69, 9.17) is 0 Å². The lowest BCUT2D eigenvalue weighted by Crippen LogP contribution is -2.32. The molecule has 25 heavy (non-hydrogen) atoms. The van der Waals surface area contributed by atoms with Crippen LogP contribution in [-0.4, -0.2) is 17.5 Å². The van der Waals surface area contributed by atoms with E-state index in [2.05, 4.69) is 41.8 Å². The first-order chi connectivity index (χ1) is 12.3. The number of nitrogens with one attached hydrogen (secondary N) is 2. The van der Waals surface area contributed by atoms with Gasteiger partial charge in [0.15, 0.2) is 0 Å². The predicted octanol–water partition coefficient (Wildman–Crippen LogP) is 5.83. The highest BCUT2D eigenvalue weighted by Crippen LogP contribution is 2.45. The van der Waals surface area contributed by atoms with Crippen molar-refractivity contribution in [3.8, 4) is 0 Å². The Bertz CT molecular complexity index is 687. The third-order valence-corrected chi connectivity index (χ3v) is 7.23. The van der Waals surface area contributed by atoms with Crippen LogP contribution in [0.5, 0.6) is 0 Å². The maximum absolute atomic E-state index is 12.5. The van der Waals surface area contributed by atoms with Gasteiger partial charge in [-0.1, -0.05) is 55.8 Å². The number of benzene rings is 2. The maximum atomic E-state index is 12.5. The number of rotatable bonds is 6. The van der Waals surface area contributed by atoms with Crippen LogP contribution in [0.2, 0.25) is 0 Å². The van der Waals surface area contributed by atoms with Crippen molar-refractivity contribution in [1.29, 1.82) is 0 Å². The highest BCUT2D eigenvalue weighted by molar-refractivity contribution is 8.19. The van der Waals surface area contributed by atoms with E-state index >= 15 is 0 Å². The molecule has 2 N–H and O–H groups in total. The molecule has 2 aromatic rings. The van der Waals surface area contributed by atoms with Gasteiger partial charge in [0.1, 0.15) is 0 Å². The molecular formula is C20H24N2OS2. The highest BCUT2D eigenvalue weighted by atomic mass is 32.2. The Hall–Kier alpha value is -1.59. The predicted molar refractivity (Wildman–Crippen MR) is 110 cm³/mol. The zero-order chi connectivity index (χ0) is 17.5. The van der Waals surface area contributed by atoms with Gasteiger partial charge in [0.2, 0.25) is 0 Å². The fraction of sp³-hybridized carbons (Fsp3) is 0.350. The lowest BCUT2D eigenvalue weighted by atomic mass is 10.0. The smallest absolute Gasteiger partial charge is 0.319 e. The SMILES string of the molecule is CCCC(NC(=O)Nc1cccc(C2SCCS2)c1)c1ccccc1. The highest BCUT2D eigenvalue weighted by Gasteiger charge is 2.19. The van der Waals surface area contributed by atoms with Crippen molar-refractivity contribution in [3.05, 3.63) is 65.7 Å². The van der Waals surface area contributed by atoms with E-state index < -0.39 is 0 Å². The summed E-state index contributed by atoms with van der Waals surface area (Å²) < 4.78 is 0.488. The lowest BCUT2D eigenvalue weighted by molar-refractivity contribution is 0.248. The molecule has 0 saturated carbocycles. The van der Waals surface area contributed by atoms with Gasteiger partial charge in [-0.15, -0.1) is 23.5 Å². The number of carbonyl (C=O) groups is 1. The summed E-state index contributed by atoms with van der Waals surface area (Å²) in [5.41, 5.74) is 3.27. The van der Waals surface area contributed by atoms with Crippen LogP contribution in [-0.2, 0) is 0 Å². The summed E-state index contributed by atoms with van der Waals surface area (Å²) in [5.74, 6) is 2.40. The quantitative estimate of drug-likeness (QED) is 0.670. The molecule has 1 fully saturated rings. The van der Waals surface area contributed by atoms with Crippen LogP contribution in [0.4, 0.5) is 10.5 Å². The summed E-state index contributed by atoms with van der Waals surface area (Å²) >= 11 is 3.94. The van der Waals surface area contributed by atoms with Crippen molar-refractivity contribution in [1.82, 2.24) is 5.32 Å². The largest absolute Gasteiger partial charge is 0.331 e. The molecule has 132 valence electrons. The van der Waals surface area contributed by atoms with Gasteiger partial charge in [-0.25, -0.2) is 4.79 Å². The summed E-state index contributed by atoms with van der Waals surface area (Å²) in [6, 6.07) is 18.2. The molecule has 2 aromatic carbocycles. The second kappa shape index (κ2) is 9.20. The van der Waals surface area contributed by atoms with Crippen LogP contribution in [0.15, 0.2) is 54.6 Å². The van der Waals surface area contributed by atoms with E-state index in [0.717, 1.165) is 24.1 Å². The molecule has 0 spiro atoms. The van der Waals surface area contributed by atoms with E-state index in [-0.39, 0.29) is 12.1 Å². The molecule has 1 aliphatic heterocycles. The summed E-state index contributed by atoms with van der Waals surface area (Å²) in [5, 5.41) is 6.11. The summed E-state index contributed by atoms with van der Waals surface area (Å²) in [6.07, 6.45) is 1.94. The van der Waals surface area contributed by atoms with Gasteiger partial charge < -0.3 is 10.6 Å². The number of thioether (sulfide) groups is 2. The zero-order valence-electron chi connectivity index (χ0n) is 14.4. The van der Waals surface area contributed by atoms with Crippen molar-refractivity contribution in [2.24, 2.45) is 0 Å². The van der Waals surface area contributed by atoms with E-state index in [0.29, 0.717) is 4.58 Å². The second-order valence-corrected chi connectivity index (χ2v) is 8.77. The Morgan fingerprint density at radius 3 is 2.60 bits per heavy atom. The number of amides is 2. The molecule has 5 heteroatoms. The Kier molecular flexibility index (Phi) is 6.70. The molecule has 0 aliphatic carbocycles. The minimum absolute atomic E-state index is 0.0373. The summed E-state index contributed by atoms with van der Waals surface area (Å²) in [6.45, 7) is 2.13. The topological polar surface area (TPSA) is 41.1 Å². The van der Waals surface area contributed by atoms with Gasteiger partial charge in [0.25, 0.3) is 0 Å². The molecule has 1 heterocycles. The molecule has 0 aromatic heterocycles. The average molecular weight is 373 g/mol.